The fourth-order valence-electron chi connectivity index (χ4n) is 3.49. The third-order valence-electron chi connectivity index (χ3n) is 5.17. The molecule has 8 nitrogen and oxygen atoms in total. The van der Waals surface area contributed by atoms with Crippen molar-refractivity contribution in [2.75, 3.05) is 6.61 Å². The summed E-state index contributed by atoms with van der Waals surface area (Å²) in [5.74, 6) is -1.82. The van der Waals surface area contributed by atoms with E-state index in [1.807, 2.05) is 6.08 Å². The molecule has 0 unspecified atom stereocenters. The highest BCUT2D eigenvalue weighted by molar-refractivity contribution is 5.97. The van der Waals surface area contributed by atoms with E-state index in [-0.39, 0.29) is 29.6 Å². The smallest absolute Gasteiger partial charge is 0.342 e. The molecule has 0 aliphatic carbocycles. The van der Waals surface area contributed by atoms with Gasteiger partial charge in [0.25, 0.3) is 0 Å². The molecule has 3 N–H and O–H groups in total. The fraction of sp³-hybridized carbons (Fsp3) is 0.542. The van der Waals surface area contributed by atoms with Crippen molar-refractivity contribution in [2.45, 2.75) is 77.2 Å². The van der Waals surface area contributed by atoms with Crippen LogP contribution < -0.4 is 0 Å². The number of esters is 1. The van der Waals surface area contributed by atoms with Crippen LogP contribution in [-0.2, 0) is 14.4 Å². The molecule has 1 atom stereocenters. The van der Waals surface area contributed by atoms with Crippen LogP contribution in [-0.4, -0.2) is 45.7 Å². The number of unbranched alkanes of at least 4 members (excludes halogenated alkanes) is 2. The van der Waals surface area contributed by atoms with Gasteiger partial charge in [0, 0.05) is 12.5 Å². The van der Waals surface area contributed by atoms with Crippen LogP contribution in [0.5, 0.6) is 11.5 Å². The molecule has 1 aliphatic rings. The number of cyclic esters (lactones) is 1. The number of aromatic hydroxyl groups is 2. The second kappa shape index (κ2) is 13.4. The van der Waals surface area contributed by atoms with Crippen LogP contribution in [0.3, 0.4) is 0 Å². The zero-order chi connectivity index (χ0) is 23.3. The van der Waals surface area contributed by atoms with Gasteiger partial charge in [0.15, 0.2) is 0 Å². The number of carbonyl (C=O) groups excluding carboxylic acids is 1. The predicted octanol–water partition coefficient (Wildman–Crippen LogP) is 5.03. The summed E-state index contributed by atoms with van der Waals surface area (Å²) in [4.78, 5) is 28.6. The summed E-state index contributed by atoms with van der Waals surface area (Å²) in [7, 11) is 0. The molecule has 176 valence electrons. The number of ether oxygens (including phenoxy) is 1. The summed E-state index contributed by atoms with van der Waals surface area (Å²) >= 11 is 0. The van der Waals surface area contributed by atoms with E-state index < -0.39 is 11.9 Å². The molecule has 0 bridgehead atoms. The van der Waals surface area contributed by atoms with Crippen molar-refractivity contribution >= 4 is 23.7 Å². The SMILES string of the molecule is C[C@H]1CCC/C(=N\OCCCCCC(=O)O)CCC/C=C/c2cc(O)cc(O)c2C(=O)O1. The Hall–Kier alpha value is -3.03. The highest BCUT2D eigenvalue weighted by atomic mass is 16.6. The molecule has 0 amide bonds. The van der Waals surface area contributed by atoms with Crippen LogP contribution in [0.1, 0.15) is 87.1 Å². The molecular formula is C24H33NO7. The van der Waals surface area contributed by atoms with Crippen LogP contribution in [0.25, 0.3) is 6.08 Å². The Morgan fingerprint density at radius 3 is 2.75 bits per heavy atom. The Labute approximate surface area is 188 Å². The maximum atomic E-state index is 12.6. The van der Waals surface area contributed by atoms with E-state index in [0.29, 0.717) is 25.0 Å². The Morgan fingerprint density at radius 2 is 1.97 bits per heavy atom. The molecule has 2 rings (SSSR count). The minimum atomic E-state index is -0.781. The zero-order valence-corrected chi connectivity index (χ0v) is 18.6. The number of oxime groups is 1. The second-order valence-electron chi connectivity index (χ2n) is 8.03. The molecule has 1 aromatic rings. The fourth-order valence-corrected chi connectivity index (χ4v) is 3.49. The number of rotatable bonds is 7. The van der Waals surface area contributed by atoms with Crippen molar-refractivity contribution in [3.05, 3.63) is 29.3 Å². The Bertz CT molecular complexity index is 832. The van der Waals surface area contributed by atoms with Crippen LogP contribution in [0.2, 0.25) is 0 Å². The molecule has 0 aromatic heterocycles. The number of carboxylic acid groups (broad SMARTS) is 1. The van der Waals surface area contributed by atoms with Crippen molar-refractivity contribution in [1.82, 2.24) is 0 Å². The first-order valence-electron chi connectivity index (χ1n) is 11.2. The molecule has 1 aromatic carbocycles. The van der Waals surface area contributed by atoms with Crippen LogP contribution in [0.4, 0.5) is 0 Å². The van der Waals surface area contributed by atoms with E-state index in [0.717, 1.165) is 56.7 Å². The number of phenolic OH excluding ortho intramolecular Hbond substituents is 2. The van der Waals surface area contributed by atoms with Crippen molar-refractivity contribution < 1.29 is 34.5 Å². The van der Waals surface area contributed by atoms with Crippen molar-refractivity contribution in [2.24, 2.45) is 5.16 Å². The molecule has 0 spiro atoms. The molecule has 1 heterocycles. The lowest BCUT2D eigenvalue weighted by molar-refractivity contribution is -0.137. The normalized spacial score (nSPS) is 20.1. The van der Waals surface area contributed by atoms with Gasteiger partial charge in [-0.25, -0.2) is 4.79 Å². The summed E-state index contributed by atoms with van der Waals surface area (Å²) in [6.45, 7) is 2.27. The van der Waals surface area contributed by atoms with Gasteiger partial charge in [0.05, 0.1) is 11.8 Å². The average molecular weight is 448 g/mol. The Balaban J connectivity index is 1.98. The van der Waals surface area contributed by atoms with Gasteiger partial charge in [-0.1, -0.05) is 17.3 Å². The Kier molecular flexibility index (Phi) is 10.6. The average Bonchev–Trinajstić information content (AvgIpc) is 2.70. The van der Waals surface area contributed by atoms with E-state index in [9.17, 15) is 19.8 Å². The second-order valence-corrected chi connectivity index (χ2v) is 8.03. The van der Waals surface area contributed by atoms with Gasteiger partial charge in [-0.2, -0.15) is 0 Å². The lowest BCUT2D eigenvalue weighted by Gasteiger charge is -2.16. The van der Waals surface area contributed by atoms with Crippen LogP contribution in [0, 0.1) is 0 Å². The van der Waals surface area contributed by atoms with Crippen molar-refractivity contribution in [3.63, 3.8) is 0 Å². The van der Waals surface area contributed by atoms with Crippen LogP contribution in [0.15, 0.2) is 23.4 Å². The topological polar surface area (TPSA) is 126 Å². The number of benzene rings is 1. The van der Waals surface area contributed by atoms with Crippen LogP contribution >= 0.6 is 0 Å². The van der Waals surface area contributed by atoms with Gasteiger partial charge in [0.2, 0.25) is 0 Å². The number of allylic oxidation sites excluding steroid dienone is 1. The molecule has 8 heteroatoms. The molecule has 0 radical (unpaired) electrons. The first-order valence-corrected chi connectivity index (χ1v) is 11.2. The molecular weight excluding hydrogens is 414 g/mol. The molecule has 32 heavy (non-hydrogen) atoms. The highest BCUT2D eigenvalue weighted by Crippen LogP contribution is 2.30. The predicted molar refractivity (Wildman–Crippen MR) is 121 cm³/mol. The minimum absolute atomic E-state index is 0.0574. The number of phenols is 2. The van der Waals surface area contributed by atoms with E-state index in [2.05, 4.69) is 5.16 Å². The standard InChI is InChI=1S/C24H33NO7/c1-17-9-8-12-19(25-31-14-7-3-6-13-22(28)29)11-5-2-4-10-18-15-20(26)16-21(27)23(18)24(30)32-17/h4,10,15-17,26-27H,2-3,5-9,11-14H2,1H3,(H,28,29)/b10-4+,25-19-/t17-/m0/s1. The zero-order valence-electron chi connectivity index (χ0n) is 18.6. The lowest BCUT2D eigenvalue weighted by atomic mass is 10.0. The molecule has 0 saturated carbocycles. The molecule has 0 fully saturated rings. The highest BCUT2D eigenvalue weighted by Gasteiger charge is 2.20. The largest absolute Gasteiger partial charge is 0.508 e. The van der Waals surface area contributed by atoms with E-state index in [4.69, 9.17) is 14.7 Å². The van der Waals surface area contributed by atoms with Crippen molar-refractivity contribution in [1.29, 1.82) is 0 Å². The van der Waals surface area contributed by atoms with Gasteiger partial charge in [0.1, 0.15) is 23.7 Å². The number of aliphatic carboxylic acids is 1. The number of hydrogen-bond acceptors (Lipinski definition) is 7. The third kappa shape index (κ3) is 8.99. The van der Waals surface area contributed by atoms with Gasteiger partial charge >= 0.3 is 11.9 Å². The summed E-state index contributed by atoms with van der Waals surface area (Å²) in [6.07, 6.45) is 10.1. The number of nitrogens with zero attached hydrogens (tertiary/aromatic N) is 1. The Morgan fingerprint density at radius 1 is 1.19 bits per heavy atom. The van der Waals surface area contributed by atoms with E-state index >= 15 is 0 Å². The quantitative estimate of drug-likeness (QED) is 0.304. The summed E-state index contributed by atoms with van der Waals surface area (Å²) in [5.41, 5.74) is 1.43. The first-order chi connectivity index (χ1) is 15.4. The van der Waals surface area contributed by atoms with Gasteiger partial charge in [-0.3, -0.25) is 4.79 Å². The van der Waals surface area contributed by atoms with E-state index in [1.54, 1.807) is 13.0 Å². The number of hydrogen-bond donors (Lipinski definition) is 3. The maximum absolute atomic E-state index is 12.6. The van der Waals surface area contributed by atoms with E-state index in [1.165, 1.54) is 6.07 Å². The van der Waals surface area contributed by atoms with Gasteiger partial charge < -0.3 is 24.9 Å². The van der Waals surface area contributed by atoms with Gasteiger partial charge in [-0.15, -0.1) is 0 Å². The minimum Gasteiger partial charge on any atom is -0.508 e. The third-order valence-corrected chi connectivity index (χ3v) is 5.17. The maximum Gasteiger partial charge on any atom is 0.342 e. The molecule has 0 saturated heterocycles. The first kappa shape index (κ1) is 25.2. The number of carbonyl (C=O) groups is 2. The molecule has 1 aliphatic heterocycles. The monoisotopic (exact) mass is 447 g/mol. The summed E-state index contributed by atoms with van der Waals surface area (Å²) in [6, 6.07) is 2.57. The summed E-state index contributed by atoms with van der Waals surface area (Å²) in [5, 5.41) is 32.9. The number of carboxylic acids is 1. The summed E-state index contributed by atoms with van der Waals surface area (Å²) < 4.78 is 5.50. The van der Waals surface area contributed by atoms with Crippen molar-refractivity contribution in [3.8, 4) is 11.5 Å². The lowest BCUT2D eigenvalue weighted by Crippen LogP contribution is -2.16. The number of fused-ring (bicyclic) bond motifs is 1. The van der Waals surface area contributed by atoms with Gasteiger partial charge in [-0.05, 0) is 76.3 Å².